The highest BCUT2D eigenvalue weighted by molar-refractivity contribution is 8.00. The van der Waals surface area contributed by atoms with E-state index in [0.717, 1.165) is 0 Å². The summed E-state index contributed by atoms with van der Waals surface area (Å²) in [5, 5.41) is 8.98. The summed E-state index contributed by atoms with van der Waals surface area (Å²) >= 11 is 1.22. The van der Waals surface area contributed by atoms with E-state index < -0.39 is 11.8 Å². The maximum Gasteiger partial charge on any atom is 0.336 e. The predicted molar refractivity (Wildman–Crippen MR) is 54.4 cm³/mol. The summed E-state index contributed by atoms with van der Waals surface area (Å²) in [5.41, 5.74) is 0.0312. The third kappa shape index (κ3) is 2.48. The van der Waals surface area contributed by atoms with Gasteiger partial charge >= 0.3 is 5.97 Å². The molecule has 0 saturated heterocycles. The molecule has 0 aliphatic heterocycles. The summed E-state index contributed by atoms with van der Waals surface area (Å²) in [6, 6.07) is 4.09. The lowest BCUT2D eigenvalue weighted by Crippen LogP contribution is -2.02. The summed E-state index contributed by atoms with van der Waals surface area (Å²) in [5.74, 6) is -1.56. The minimum Gasteiger partial charge on any atom is -0.478 e. The normalized spacial score (nSPS) is 10.6. The van der Waals surface area contributed by atoms with Crippen LogP contribution in [-0.2, 0) is 0 Å². The lowest BCUT2D eigenvalue weighted by Gasteiger charge is -2.08. The molecule has 1 rings (SSSR count). The van der Waals surface area contributed by atoms with Crippen molar-refractivity contribution in [2.45, 2.75) is 24.0 Å². The fraction of sp³-hybridized carbons (Fsp3) is 0.300. The van der Waals surface area contributed by atoms with Crippen molar-refractivity contribution >= 4 is 17.7 Å². The fourth-order valence-corrected chi connectivity index (χ4v) is 1.97. The lowest BCUT2D eigenvalue weighted by molar-refractivity contribution is 0.0692. The van der Waals surface area contributed by atoms with Gasteiger partial charge in [0, 0.05) is 5.25 Å². The van der Waals surface area contributed by atoms with Crippen molar-refractivity contribution in [2.75, 3.05) is 0 Å². The number of hydrogen-bond donors (Lipinski definition) is 1. The number of hydrogen-bond acceptors (Lipinski definition) is 2. The van der Waals surface area contributed by atoms with Crippen LogP contribution in [0.3, 0.4) is 0 Å². The Balaban J connectivity index is 3.15. The number of carboxylic acid groups (broad SMARTS) is 1. The van der Waals surface area contributed by atoms with E-state index in [0.29, 0.717) is 0 Å². The molecule has 1 N–H and O–H groups in total. The van der Waals surface area contributed by atoms with Gasteiger partial charge in [0.25, 0.3) is 0 Å². The second kappa shape index (κ2) is 4.46. The second-order valence-corrected chi connectivity index (χ2v) is 4.68. The zero-order valence-corrected chi connectivity index (χ0v) is 8.77. The largest absolute Gasteiger partial charge is 0.478 e. The molecule has 0 aliphatic carbocycles. The van der Waals surface area contributed by atoms with Crippen LogP contribution in [0.4, 0.5) is 4.39 Å². The van der Waals surface area contributed by atoms with Crippen LogP contribution in [0.15, 0.2) is 23.1 Å². The van der Waals surface area contributed by atoms with Gasteiger partial charge in [-0.1, -0.05) is 19.9 Å². The maximum atomic E-state index is 13.3. The van der Waals surface area contributed by atoms with Crippen molar-refractivity contribution in [1.29, 1.82) is 0 Å². The van der Waals surface area contributed by atoms with E-state index in [4.69, 9.17) is 5.11 Å². The van der Waals surface area contributed by atoms with Crippen LogP contribution < -0.4 is 0 Å². The molecule has 0 aromatic heterocycles. The van der Waals surface area contributed by atoms with Gasteiger partial charge in [-0.15, -0.1) is 11.8 Å². The fourth-order valence-electron chi connectivity index (χ4n) is 1.03. The van der Waals surface area contributed by atoms with Crippen LogP contribution >= 0.6 is 11.8 Å². The molecule has 0 spiro atoms. The van der Waals surface area contributed by atoms with Gasteiger partial charge in [0.05, 0.1) is 10.5 Å². The van der Waals surface area contributed by atoms with Crippen LogP contribution in [0.2, 0.25) is 0 Å². The molecule has 14 heavy (non-hydrogen) atoms. The summed E-state index contributed by atoms with van der Waals surface area (Å²) in [4.78, 5) is 11.0. The minimum absolute atomic E-state index is 0.0312. The molecular weight excluding hydrogens is 203 g/mol. The van der Waals surface area contributed by atoms with Crippen molar-refractivity contribution in [3.63, 3.8) is 0 Å². The highest BCUT2D eigenvalue weighted by Crippen LogP contribution is 2.29. The molecule has 0 radical (unpaired) electrons. The Kier molecular flexibility index (Phi) is 3.52. The molecule has 0 heterocycles. The summed E-state index contributed by atoms with van der Waals surface area (Å²) < 4.78 is 13.3. The first-order valence-corrected chi connectivity index (χ1v) is 5.08. The molecule has 0 saturated carbocycles. The van der Waals surface area contributed by atoms with E-state index >= 15 is 0 Å². The van der Waals surface area contributed by atoms with Gasteiger partial charge in [0.2, 0.25) is 0 Å². The van der Waals surface area contributed by atoms with Crippen molar-refractivity contribution in [3.05, 3.63) is 29.6 Å². The number of carbonyl (C=O) groups is 1. The highest BCUT2D eigenvalue weighted by Gasteiger charge is 2.15. The molecule has 0 atom stereocenters. The molecule has 1 aromatic rings. The van der Waals surface area contributed by atoms with E-state index in [1.165, 1.54) is 30.0 Å². The molecule has 0 amide bonds. The van der Waals surface area contributed by atoms with Gasteiger partial charge in [0.15, 0.2) is 0 Å². The van der Waals surface area contributed by atoms with Crippen molar-refractivity contribution in [1.82, 2.24) is 0 Å². The smallest absolute Gasteiger partial charge is 0.336 e. The van der Waals surface area contributed by atoms with E-state index in [1.54, 1.807) is 0 Å². The molecule has 0 aliphatic rings. The van der Waals surface area contributed by atoms with Crippen LogP contribution in [0, 0.1) is 5.82 Å². The summed E-state index contributed by atoms with van der Waals surface area (Å²) in [6.45, 7) is 3.78. The van der Waals surface area contributed by atoms with Crippen molar-refractivity contribution < 1.29 is 14.3 Å². The number of carboxylic acids is 1. The van der Waals surface area contributed by atoms with Gasteiger partial charge in [-0.2, -0.15) is 0 Å². The molecule has 0 unspecified atom stereocenters. The lowest BCUT2D eigenvalue weighted by atomic mass is 10.2. The first kappa shape index (κ1) is 11.0. The quantitative estimate of drug-likeness (QED) is 0.786. The molecular formula is C10H11FO2S. The Morgan fingerprint density at radius 2 is 2.14 bits per heavy atom. The number of aromatic carboxylic acids is 1. The van der Waals surface area contributed by atoms with Gasteiger partial charge in [0.1, 0.15) is 5.82 Å². The van der Waals surface area contributed by atoms with Gasteiger partial charge in [-0.3, -0.25) is 0 Å². The highest BCUT2D eigenvalue weighted by atomic mass is 32.2. The maximum absolute atomic E-state index is 13.3. The predicted octanol–water partition coefficient (Wildman–Crippen LogP) is 3.02. The Bertz CT molecular complexity index is 350. The first-order valence-electron chi connectivity index (χ1n) is 4.21. The van der Waals surface area contributed by atoms with Crippen LogP contribution in [0.5, 0.6) is 0 Å². The minimum atomic E-state index is -1.09. The van der Waals surface area contributed by atoms with Crippen LogP contribution in [-0.4, -0.2) is 16.3 Å². The third-order valence-corrected chi connectivity index (χ3v) is 2.67. The zero-order valence-electron chi connectivity index (χ0n) is 7.95. The first-order chi connectivity index (χ1) is 6.52. The van der Waals surface area contributed by atoms with Gasteiger partial charge in [-0.25, -0.2) is 9.18 Å². The van der Waals surface area contributed by atoms with Crippen molar-refractivity contribution in [2.24, 2.45) is 0 Å². The Labute approximate surface area is 86.1 Å². The SMILES string of the molecule is CC(C)Sc1c(F)cccc1C(=O)O. The molecule has 76 valence electrons. The number of rotatable bonds is 3. The Hall–Kier alpha value is -1.03. The number of benzene rings is 1. The van der Waals surface area contributed by atoms with Crippen molar-refractivity contribution in [3.8, 4) is 0 Å². The summed E-state index contributed by atoms with van der Waals surface area (Å²) in [6.07, 6.45) is 0. The topological polar surface area (TPSA) is 37.3 Å². The van der Waals surface area contributed by atoms with E-state index in [2.05, 4.69) is 0 Å². The van der Waals surface area contributed by atoms with Crippen LogP contribution in [0.1, 0.15) is 24.2 Å². The average Bonchev–Trinajstić information content (AvgIpc) is 2.07. The monoisotopic (exact) mass is 214 g/mol. The zero-order chi connectivity index (χ0) is 10.7. The molecule has 4 heteroatoms. The van der Waals surface area contributed by atoms with E-state index in [1.807, 2.05) is 13.8 Å². The Morgan fingerprint density at radius 3 is 2.64 bits per heavy atom. The third-order valence-electron chi connectivity index (χ3n) is 1.55. The average molecular weight is 214 g/mol. The van der Waals surface area contributed by atoms with Gasteiger partial charge in [-0.05, 0) is 12.1 Å². The number of halogens is 1. The summed E-state index contributed by atoms with van der Waals surface area (Å²) in [7, 11) is 0. The van der Waals surface area contributed by atoms with Gasteiger partial charge < -0.3 is 5.11 Å². The number of thioether (sulfide) groups is 1. The molecule has 1 aromatic carbocycles. The van der Waals surface area contributed by atoms with E-state index in [-0.39, 0.29) is 15.7 Å². The molecule has 2 nitrogen and oxygen atoms in total. The molecule has 0 fully saturated rings. The second-order valence-electron chi connectivity index (χ2n) is 3.09. The van der Waals surface area contributed by atoms with E-state index in [9.17, 15) is 9.18 Å². The Morgan fingerprint density at radius 1 is 1.50 bits per heavy atom. The van der Waals surface area contributed by atoms with Crippen LogP contribution in [0.25, 0.3) is 0 Å². The standard InChI is InChI=1S/C10H11FO2S/c1-6(2)14-9-7(10(12)13)4-3-5-8(9)11/h3-6H,1-2H3,(H,12,13). The molecule has 0 bridgehead atoms.